The molecule has 2 N–H and O–H groups in total. The summed E-state index contributed by atoms with van der Waals surface area (Å²) < 4.78 is 18.9. The molecular formula is C19H22FN3O2. The highest BCUT2D eigenvalue weighted by molar-refractivity contribution is 5.73. The standard InChI is InChI=1S/C19H22FN3O2/c20-16-5-3-4-14(10-16)11-22-19(24)23-13-15-8-9-18(21-12-15)25-17-6-1-2-7-17/h3-5,8-10,12,17H,1-2,6-7,11,13H2,(H2,22,23,24). The fourth-order valence-electron chi connectivity index (χ4n) is 2.84. The number of hydrogen-bond donors (Lipinski definition) is 2. The lowest BCUT2D eigenvalue weighted by atomic mass is 10.2. The molecule has 1 heterocycles. The van der Waals surface area contributed by atoms with Crippen LogP contribution in [0.3, 0.4) is 0 Å². The van der Waals surface area contributed by atoms with Crippen molar-refractivity contribution >= 4 is 6.03 Å². The van der Waals surface area contributed by atoms with E-state index in [1.807, 2.05) is 12.1 Å². The zero-order valence-electron chi connectivity index (χ0n) is 14.0. The minimum absolute atomic E-state index is 0.274. The van der Waals surface area contributed by atoms with Crippen molar-refractivity contribution in [2.24, 2.45) is 0 Å². The van der Waals surface area contributed by atoms with Crippen molar-refractivity contribution in [2.45, 2.75) is 44.9 Å². The van der Waals surface area contributed by atoms with Gasteiger partial charge in [0.1, 0.15) is 11.9 Å². The monoisotopic (exact) mass is 343 g/mol. The number of urea groups is 1. The van der Waals surface area contributed by atoms with Gasteiger partial charge in [-0.2, -0.15) is 0 Å². The number of aromatic nitrogens is 1. The van der Waals surface area contributed by atoms with Gasteiger partial charge in [0.15, 0.2) is 0 Å². The lowest BCUT2D eigenvalue weighted by Crippen LogP contribution is -2.34. The van der Waals surface area contributed by atoms with Crippen LogP contribution in [0.25, 0.3) is 0 Å². The highest BCUT2D eigenvalue weighted by atomic mass is 19.1. The number of halogens is 1. The van der Waals surface area contributed by atoms with E-state index in [2.05, 4.69) is 15.6 Å². The maximum Gasteiger partial charge on any atom is 0.315 e. The summed E-state index contributed by atoms with van der Waals surface area (Å²) in [5.74, 6) is 0.317. The molecule has 0 aliphatic heterocycles. The van der Waals surface area contributed by atoms with E-state index in [1.165, 1.54) is 25.0 Å². The molecule has 0 radical (unpaired) electrons. The molecule has 0 spiro atoms. The fraction of sp³-hybridized carbons (Fsp3) is 0.368. The highest BCUT2D eigenvalue weighted by Gasteiger charge is 2.16. The van der Waals surface area contributed by atoms with E-state index in [4.69, 9.17) is 4.74 Å². The van der Waals surface area contributed by atoms with Crippen molar-refractivity contribution in [1.82, 2.24) is 15.6 Å². The molecule has 0 saturated heterocycles. The number of hydrogen-bond acceptors (Lipinski definition) is 3. The van der Waals surface area contributed by atoms with Gasteiger partial charge >= 0.3 is 6.03 Å². The van der Waals surface area contributed by atoms with Crippen molar-refractivity contribution in [3.8, 4) is 5.88 Å². The van der Waals surface area contributed by atoms with Gasteiger partial charge in [-0.3, -0.25) is 0 Å². The Morgan fingerprint density at radius 3 is 2.56 bits per heavy atom. The molecule has 2 amide bonds. The quantitative estimate of drug-likeness (QED) is 0.843. The maximum absolute atomic E-state index is 13.1. The van der Waals surface area contributed by atoms with E-state index in [1.54, 1.807) is 18.3 Å². The number of nitrogens with zero attached hydrogens (tertiary/aromatic N) is 1. The van der Waals surface area contributed by atoms with Crippen LogP contribution in [0, 0.1) is 5.82 Å². The van der Waals surface area contributed by atoms with Crippen LogP contribution in [-0.4, -0.2) is 17.1 Å². The van der Waals surface area contributed by atoms with E-state index in [9.17, 15) is 9.18 Å². The first kappa shape index (κ1) is 17.2. The molecule has 5 nitrogen and oxygen atoms in total. The third kappa shape index (κ3) is 5.45. The molecule has 132 valence electrons. The van der Waals surface area contributed by atoms with E-state index < -0.39 is 0 Å². The topological polar surface area (TPSA) is 63.2 Å². The fourth-order valence-corrected chi connectivity index (χ4v) is 2.84. The van der Waals surface area contributed by atoms with Crippen LogP contribution >= 0.6 is 0 Å². The summed E-state index contributed by atoms with van der Waals surface area (Å²) in [4.78, 5) is 16.1. The first-order chi connectivity index (χ1) is 12.2. The van der Waals surface area contributed by atoms with Crippen LogP contribution in [0.5, 0.6) is 5.88 Å². The lowest BCUT2D eigenvalue weighted by Gasteiger charge is -2.12. The average molecular weight is 343 g/mol. The Morgan fingerprint density at radius 1 is 1.12 bits per heavy atom. The SMILES string of the molecule is O=C(NCc1ccc(OC2CCCC2)nc1)NCc1cccc(F)c1. The number of carbonyl (C=O) groups excluding carboxylic acids is 1. The largest absolute Gasteiger partial charge is 0.474 e. The Morgan fingerprint density at radius 2 is 1.88 bits per heavy atom. The van der Waals surface area contributed by atoms with Crippen LogP contribution in [-0.2, 0) is 13.1 Å². The highest BCUT2D eigenvalue weighted by Crippen LogP contribution is 2.22. The Hall–Kier alpha value is -2.63. The molecule has 1 aromatic heterocycles. The van der Waals surface area contributed by atoms with Gasteiger partial charge in [-0.1, -0.05) is 18.2 Å². The van der Waals surface area contributed by atoms with E-state index in [-0.39, 0.29) is 24.5 Å². The molecule has 1 aliphatic rings. The Labute approximate surface area is 146 Å². The van der Waals surface area contributed by atoms with E-state index in [0.717, 1.165) is 18.4 Å². The molecule has 2 aromatic rings. The smallest absolute Gasteiger partial charge is 0.315 e. The minimum Gasteiger partial charge on any atom is -0.474 e. The molecule has 1 saturated carbocycles. The van der Waals surface area contributed by atoms with Gasteiger partial charge in [-0.25, -0.2) is 14.2 Å². The number of benzene rings is 1. The molecule has 1 fully saturated rings. The average Bonchev–Trinajstić information content (AvgIpc) is 3.12. The normalized spacial score (nSPS) is 14.3. The van der Waals surface area contributed by atoms with Crippen LogP contribution in [0.2, 0.25) is 0 Å². The zero-order chi connectivity index (χ0) is 17.5. The number of pyridine rings is 1. The van der Waals surface area contributed by atoms with Crippen molar-refractivity contribution in [3.63, 3.8) is 0 Å². The second kappa shape index (κ2) is 8.46. The summed E-state index contributed by atoms with van der Waals surface area (Å²) in [7, 11) is 0. The second-order valence-corrected chi connectivity index (χ2v) is 6.20. The summed E-state index contributed by atoms with van der Waals surface area (Å²) >= 11 is 0. The van der Waals surface area contributed by atoms with Crippen LogP contribution in [0.15, 0.2) is 42.6 Å². The summed E-state index contributed by atoms with van der Waals surface area (Å²) in [5.41, 5.74) is 1.60. The third-order valence-electron chi connectivity index (χ3n) is 4.18. The minimum atomic E-state index is -0.314. The summed E-state index contributed by atoms with van der Waals surface area (Å²) in [5, 5.41) is 5.45. The molecular weight excluding hydrogens is 321 g/mol. The molecule has 1 aromatic carbocycles. The first-order valence-electron chi connectivity index (χ1n) is 8.57. The Balaban J connectivity index is 1.40. The van der Waals surface area contributed by atoms with Crippen LogP contribution in [0.4, 0.5) is 9.18 Å². The van der Waals surface area contributed by atoms with Crippen molar-refractivity contribution in [1.29, 1.82) is 0 Å². The number of ether oxygens (including phenoxy) is 1. The van der Waals surface area contributed by atoms with Crippen LogP contribution < -0.4 is 15.4 Å². The Kier molecular flexibility index (Phi) is 5.82. The molecule has 0 bridgehead atoms. The zero-order valence-corrected chi connectivity index (χ0v) is 14.0. The summed E-state index contributed by atoms with van der Waals surface area (Å²) in [6.45, 7) is 0.641. The van der Waals surface area contributed by atoms with Gasteiger partial charge in [0.2, 0.25) is 5.88 Å². The molecule has 1 aliphatic carbocycles. The van der Waals surface area contributed by atoms with Gasteiger partial charge in [0, 0.05) is 25.4 Å². The number of nitrogens with one attached hydrogen (secondary N) is 2. The molecule has 25 heavy (non-hydrogen) atoms. The molecule has 6 heteroatoms. The van der Waals surface area contributed by atoms with Crippen molar-refractivity contribution in [3.05, 3.63) is 59.5 Å². The predicted octanol–water partition coefficient (Wildman–Crippen LogP) is 3.54. The van der Waals surface area contributed by atoms with Crippen molar-refractivity contribution < 1.29 is 13.9 Å². The number of carbonyl (C=O) groups is 1. The Bertz CT molecular complexity index is 700. The number of amides is 2. The molecule has 3 rings (SSSR count). The second-order valence-electron chi connectivity index (χ2n) is 6.20. The first-order valence-corrected chi connectivity index (χ1v) is 8.57. The van der Waals surface area contributed by atoms with Crippen molar-refractivity contribution in [2.75, 3.05) is 0 Å². The van der Waals surface area contributed by atoms with E-state index >= 15 is 0 Å². The van der Waals surface area contributed by atoms with Crippen LogP contribution in [0.1, 0.15) is 36.8 Å². The van der Waals surface area contributed by atoms with Gasteiger partial charge in [-0.15, -0.1) is 0 Å². The molecule has 0 atom stereocenters. The third-order valence-corrected chi connectivity index (χ3v) is 4.18. The lowest BCUT2D eigenvalue weighted by molar-refractivity contribution is 0.201. The predicted molar refractivity (Wildman–Crippen MR) is 92.6 cm³/mol. The maximum atomic E-state index is 13.1. The molecule has 0 unspecified atom stereocenters. The summed E-state index contributed by atoms with van der Waals surface area (Å²) in [6, 6.07) is 9.56. The summed E-state index contributed by atoms with van der Waals surface area (Å²) in [6.07, 6.45) is 6.61. The van der Waals surface area contributed by atoms with E-state index in [0.29, 0.717) is 18.0 Å². The van der Waals surface area contributed by atoms with Gasteiger partial charge < -0.3 is 15.4 Å². The number of rotatable bonds is 6. The van der Waals surface area contributed by atoms with Gasteiger partial charge in [-0.05, 0) is 48.9 Å². The van der Waals surface area contributed by atoms with Gasteiger partial charge in [0.05, 0.1) is 0 Å². The van der Waals surface area contributed by atoms with Gasteiger partial charge in [0.25, 0.3) is 0 Å².